The van der Waals surface area contributed by atoms with Crippen molar-refractivity contribution in [3.8, 4) is 0 Å². The number of rotatable bonds is 7. The molecule has 0 aromatic carbocycles. The monoisotopic (exact) mass is 361 g/mol. The molecule has 0 saturated heterocycles. The second kappa shape index (κ2) is 8.00. The van der Waals surface area contributed by atoms with Crippen molar-refractivity contribution in [3.05, 3.63) is 26.6 Å². The topological polar surface area (TPSA) is 38.1 Å². The van der Waals surface area contributed by atoms with Crippen LogP contribution in [0.5, 0.6) is 0 Å². The molecule has 25 heavy (non-hydrogen) atoms. The van der Waals surface area contributed by atoms with E-state index in [9.17, 15) is 4.79 Å². The van der Waals surface area contributed by atoms with Gasteiger partial charge in [-0.3, -0.25) is 9.36 Å². The third-order valence-corrected chi connectivity index (χ3v) is 6.34. The van der Waals surface area contributed by atoms with Crippen molar-refractivity contribution in [1.82, 2.24) is 14.5 Å². The van der Waals surface area contributed by atoms with E-state index in [2.05, 4.69) is 18.7 Å². The Balaban J connectivity index is 2.04. The van der Waals surface area contributed by atoms with E-state index in [4.69, 9.17) is 4.98 Å². The smallest absolute Gasteiger partial charge is 0.262 e. The Morgan fingerprint density at radius 2 is 2.08 bits per heavy atom. The van der Waals surface area contributed by atoms with Gasteiger partial charge in [0.25, 0.3) is 5.56 Å². The molecular weight excluding hydrogens is 330 g/mol. The number of unbranched alkanes of at least 4 members (excludes halogenated alkanes) is 3. The first-order valence-corrected chi connectivity index (χ1v) is 10.5. The second-order valence-corrected chi connectivity index (χ2v) is 8.90. The van der Waals surface area contributed by atoms with Crippen LogP contribution in [0, 0.1) is 5.92 Å². The third kappa shape index (κ3) is 3.98. The van der Waals surface area contributed by atoms with E-state index in [0.717, 1.165) is 54.3 Å². The molecule has 0 fully saturated rings. The molecular formula is C20H31N3OS. The largest absolute Gasteiger partial charge is 0.302 e. The summed E-state index contributed by atoms with van der Waals surface area (Å²) in [7, 11) is 4.08. The molecule has 138 valence electrons. The zero-order valence-corrected chi connectivity index (χ0v) is 16.9. The fourth-order valence-corrected chi connectivity index (χ4v) is 5.19. The number of aryl methyl sites for hydroxylation is 1. The highest BCUT2D eigenvalue weighted by atomic mass is 32.1. The fourth-order valence-electron chi connectivity index (χ4n) is 3.80. The van der Waals surface area contributed by atoms with Gasteiger partial charge in [-0.1, -0.05) is 33.1 Å². The van der Waals surface area contributed by atoms with Crippen LogP contribution in [0.15, 0.2) is 4.79 Å². The SMILES string of the molecule is CCCCCCn1c(CN(C)C)nc2sc3c(c2c1=O)CCC(C)C3. The first-order valence-electron chi connectivity index (χ1n) is 9.70. The first kappa shape index (κ1) is 18.6. The lowest BCUT2D eigenvalue weighted by Crippen LogP contribution is -2.28. The summed E-state index contributed by atoms with van der Waals surface area (Å²) in [5.74, 6) is 1.64. The minimum atomic E-state index is 0.199. The molecule has 0 radical (unpaired) electrons. The average molecular weight is 362 g/mol. The Kier molecular flexibility index (Phi) is 5.95. The van der Waals surface area contributed by atoms with Gasteiger partial charge in [0.05, 0.1) is 11.9 Å². The average Bonchev–Trinajstić information content (AvgIpc) is 2.90. The Morgan fingerprint density at radius 1 is 1.28 bits per heavy atom. The van der Waals surface area contributed by atoms with E-state index in [-0.39, 0.29) is 5.56 Å². The predicted molar refractivity (Wildman–Crippen MR) is 107 cm³/mol. The molecule has 0 aliphatic heterocycles. The maximum absolute atomic E-state index is 13.3. The molecule has 0 N–H and O–H groups in total. The molecule has 3 rings (SSSR count). The summed E-state index contributed by atoms with van der Waals surface area (Å²) in [5, 5.41) is 0.921. The highest BCUT2D eigenvalue weighted by molar-refractivity contribution is 7.18. The first-order chi connectivity index (χ1) is 12.0. The van der Waals surface area contributed by atoms with Crippen molar-refractivity contribution in [1.29, 1.82) is 0 Å². The minimum Gasteiger partial charge on any atom is -0.302 e. The van der Waals surface area contributed by atoms with Gasteiger partial charge in [-0.15, -0.1) is 11.3 Å². The maximum Gasteiger partial charge on any atom is 0.262 e. The van der Waals surface area contributed by atoms with E-state index in [1.807, 2.05) is 18.7 Å². The van der Waals surface area contributed by atoms with Gasteiger partial charge in [0.2, 0.25) is 0 Å². The molecule has 0 bridgehead atoms. The molecule has 0 saturated carbocycles. The number of nitrogens with zero attached hydrogens (tertiary/aromatic N) is 3. The van der Waals surface area contributed by atoms with Gasteiger partial charge >= 0.3 is 0 Å². The highest BCUT2D eigenvalue weighted by Crippen LogP contribution is 2.35. The molecule has 5 heteroatoms. The van der Waals surface area contributed by atoms with Gasteiger partial charge in [0, 0.05) is 11.4 Å². The Hall–Kier alpha value is -1.20. The van der Waals surface area contributed by atoms with Crippen molar-refractivity contribution >= 4 is 21.6 Å². The van der Waals surface area contributed by atoms with Gasteiger partial charge in [-0.2, -0.15) is 0 Å². The Morgan fingerprint density at radius 3 is 2.80 bits per heavy atom. The number of hydrogen-bond donors (Lipinski definition) is 0. The summed E-state index contributed by atoms with van der Waals surface area (Å²) in [6.45, 7) is 6.05. The highest BCUT2D eigenvalue weighted by Gasteiger charge is 2.24. The van der Waals surface area contributed by atoms with E-state index in [0.29, 0.717) is 0 Å². The lowest BCUT2D eigenvalue weighted by atomic mass is 9.89. The third-order valence-electron chi connectivity index (χ3n) is 5.19. The molecule has 2 aromatic rings. The van der Waals surface area contributed by atoms with Gasteiger partial charge in [0.1, 0.15) is 10.7 Å². The fraction of sp³-hybridized carbons (Fsp3) is 0.700. The molecule has 2 aromatic heterocycles. The van der Waals surface area contributed by atoms with Crippen LogP contribution in [0.1, 0.15) is 62.2 Å². The van der Waals surface area contributed by atoms with Crippen LogP contribution in [0.3, 0.4) is 0 Å². The van der Waals surface area contributed by atoms with Crippen LogP contribution in [0.25, 0.3) is 10.2 Å². The van der Waals surface area contributed by atoms with Gasteiger partial charge in [0.15, 0.2) is 0 Å². The minimum absolute atomic E-state index is 0.199. The lowest BCUT2D eigenvalue weighted by Gasteiger charge is -2.18. The predicted octanol–water partition coefficient (Wildman–Crippen LogP) is 4.22. The molecule has 0 spiro atoms. The standard InChI is InChI=1S/C20H31N3OS/c1-5-6-7-8-11-23-17(13-22(3)4)21-19-18(20(23)24)15-10-9-14(2)12-16(15)25-19/h14H,5-13H2,1-4H3. The molecule has 1 atom stereocenters. The van der Waals surface area contributed by atoms with Crippen molar-refractivity contribution in [2.75, 3.05) is 14.1 Å². The van der Waals surface area contributed by atoms with Crippen LogP contribution in [-0.2, 0) is 25.9 Å². The summed E-state index contributed by atoms with van der Waals surface area (Å²) >= 11 is 1.76. The maximum atomic E-state index is 13.3. The normalized spacial score (nSPS) is 17.4. The summed E-state index contributed by atoms with van der Waals surface area (Å²) in [6, 6.07) is 0. The molecule has 4 nitrogen and oxygen atoms in total. The number of hydrogen-bond acceptors (Lipinski definition) is 4. The van der Waals surface area contributed by atoms with Crippen LogP contribution in [0.2, 0.25) is 0 Å². The zero-order chi connectivity index (χ0) is 18.0. The van der Waals surface area contributed by atoms with Crippen LogP contribution >= 0.6 is 11.3 Å². The van der Waals surface area contributed by atoms with Crippen molar-refractivity contribution in [2.24, 2.45) is 5.92 Å². The van der Waals surface area contributed by atoms with Crippen LogP contribution in [-0.4, -0.2) is 28.5 Å². The van der Waals surface area contributed by atoms with Crippen molar-refractivity contribution in [2.45, 2.75) is 71.9 Å². The van der Waals surface area contributed by atoms with Crippen LogP contribution < -0.4 is 5.56 Å². The molecule has 2 heterocycles. The van der Waals surface area contributed by atoms with Gasteiger partial charge in [-0.05, 0) is 51.3 Å². The summed E-state index contributed by atoms with van der Waals surface area (Å²) < 4.78 is 1.96. The molecule has 0 amide bonds. The van der Waals surface area contributed by atoms with E-state index in [1.165, 1.54) is 36.1 Å². The Labute approximate surface area is 154 Å². The van der Waals surface area contributed by atoms with E-state index < -0.39 is 0 Å². The quantitative estimate of drug-likeness (QED) is 0.693. The second-order valence-electron chi connectivity index (χ2n) is 7.82. The summed E-state index contributed by atoms with van der Waals surface area (Å²) in [6.07, 6.45) is 8.03. The van der Waals surface area contributed by atoms with Crippen molar-refractivity contribution < 1.29 is 0 Å². The molecule has 1 aliphatic rings. The molecule has 1 unspecified atom stereocenters. The summed E-state index contributed by atoms with van der Waals surface area (Å²) in [4.78, 5) is 22.7. The van der Waals surface area contributed by atoms with Gasteiger partial charge in [-0.25, -0.2) is 4.98 Å². The van der Waals surface area contributed by atoms with E-state index in [1.54, 1.807) is 11.3 Å². The van der Waals surface area contributed by atoms with E-state index >= 15 is 0 Å². The number of fused-ring (bicyclic) bond motifs is 3. The lowest BCUT2D eigenvalue weighted by molar-refractivity contribution is 0.374. The zero-order valence-electron chi connectivity index (χ0n) is 16.1. The van der Waals surface area contributed by atoms with Crippen molar-refractivity contribution in [3.63, 3.8) is 0 Å². The Bertz CT molecular complexity index is 790. The number of aromatic nitrogens is 2. The number of thiophene rings is 1. The molecule has 1 aliphatic carbocycles. The van der Waals surface area contributed by atoms with Gasteiger partial charge < -0.3 is 4.90 Å². The summed E-state index contributed by atoms with van der Waals surface area (Å²) in [5.41, 5.74) is 1.50. The van der Waals surface area contributed by atoms with Crippen LogP contribution in [0.4, 0.5) is 0 Å².